The van der Waals surface area contributed by atoms with E-state index in [4.69, 9.17) is 19.2 Å². The van der Waals surface area contributed by atoms with Gasteiger partial charge < -0.3 is 14.7 Å². The first-order chi connectivity index (χ1) is 10.3. The second-order valence-electron chi connectivity index (χ2n) is 4.62. The van der Waals surface area contributed by atoms with Gasteiger partial charge >= 0.3 is 7.82 Å². The molecule has 3 N–H and O–H groups in total. The predicted molar refractivity (Wildman–Crippen MR) is 83.8 cm³/mol. The van der Waals surface area contributed by atoms with Gasteiger partial charge in [0.15, 0.2) is 0 Å². The van der Waals surface area contributed by atoms with Gasteiger partial charge in [-0.2, -0.15) is 5.26 Å². The van der Waals surface area contributed by atoms with E-state index < -0.39 is 13.2 Å². The van der Waals surface area contributed by atoms with Crippen LogP contribution in [0.25, 0.3) is 0 Å². The molecule has 2 aromatic rings. The van der Waals surface area contributed by atoms with E-state index in [1.54, 1.807) is 0 Å². The van der Waals surface area contributed by atoms with Crippen molar-refractivity contribution in [3.8, 4) is 6.07 Å². The lowest BCUT2D eigenvalue weighted by molar-refractivity contribution is 0.275. The third-order valence-corrected chi connectivity index (χ3v) is 3.25. The van der Waals surface area contributed by atoms with E-state index in [-0.39, 0.29) is 0 Å². The van der Waals surface area contributed by atoms with E-state index in [9.17, 15) is 5.26 Å². The highest BCUT2D eigenvalue weighted by Gasteiger charge is 2.32. The molecule has 2 rings (SSSR count). The summed E-state index contributed by atoms with van der Waals surface area (Å²) in [4.78, 5) is 21.6. The monoisotopic (exact) mass is 319 g/mol. The molecular weight excluding hydrogens is 301 g/mol. The van der Waals surface area contributed by atoms with Crippen molar-refractivity contribution in [2.75, 3.05) is 0 Å². The summed E-state index contributed by atoms with van der Waals surface area (Å²) in [6.07, 6.45) is 0.775. The van der Waals surface area contributed by atoms with Crippen LogP contribution >= 0.6 is 7.82 Å². The maximum Gasteiger partial charge on any atom is 0.466 e. The first kappa shape index (κ1) is 18.1. The molecule has 0 aliphatic carbocycles. The number of nitriles is 1. The van der Waals surface area contributed by atoms with Crippen molar-refractivity contribution in [3.63, 3.8) is 0 Å². The Hall–Kier alpha value is -1.96. The molecule has 22 heavy (non-hydrogen) atoms. The van der Waals surface area contributed by atoms with Crippen LogP contribution in [0.4, 0.5) is 0 Å². The average molecular weight is 319 g/mol. The van der Waals surface area contributed by atoms with E-state index in [2.05, 4.69) is 13.0 Å². The molecule has 0 radical (unpaired) electrons. The third kappa shape index (κ3) is 5.10. The van der Waals surface area contributed by atoms with Gasteiger partial charge in [-0.15, -0.1) is 0 Å². The summed E-state index contributed by atoms with van der Waals surface area (Å²) in [6.45, 7) is 2.06. The SMILES string of the molecule is CCC(C#N)(c1ccccc1)c1ccccc1.O=P(O)(O)O. The van der Waals surface area contributed by atoms with Crippen molar-refractivity contribution in [2.45, 2.75) is 18.8 Å². The zero-order chi connectivity index (χ0) is 16.6. The Balaban J connectivity index is 0.000000422. The van der Waals surface area contributed by atoms with Crippen LogP contribution in [0.3, 0.4) is 0 Å². The first-order valence-electron chi connectivity index (χ1n) is 6.64. The summed E-state index contributed by atoms with van der Waals surface area (Å²) in [5.74, 6) is 0. The summed E-state index contributed by atoms with van der Waals surface area (Å²) in [5, 5.41) is 9.63. The fourth-order valence-electron chi connectivity index (χ4n) is 2.23. The topological polar surface area (TPSA) is 102 Å². The lowest BCUT2D eigenvalue weighted by Crippen LogP contribution is -2.24. The van der Waals surface area contributed by atoms with Gasteiger partial charge in [0, 0.05) is 0 Å². The standard InChI is InChI=1S/C16H15N.H3O4P/c1-2-16(13-17,14-9-5-3-6-10-14)15-11-7-4-8-12-15;1-5(2,3)4/h3-12H,2H2,1H3;(H3,1,2,3,4). The summed E-state index contributed by atoms with van der Waals surface area (Å²) in [6, 6.07) is 22.5. The largest absolute Gasteiger partial charge is 0.466 e. The minimum atomic E-state index is -4.64. The van der Waals surface area contributed by atoms with Crippen molar-refractivity contribution in [2.24, 2.45) is 0 Å². The van der Waals surface area contributed by atoms with E-state index in [1.165, 1.54) is 0 Å². The van der Waals surface area contributed by atoms with E-state index in [0.29, 0.717) is 0 Å². The summed E-state index contributed by atoms with van der Waals surface area (Å²) in [5.41, 5.74) is 1.61. The highest BCUT2D eigenvalue weighted by molar-refractivity contribution is 7.45. The molecule has 0 aromatic heterocycles. The molecule has 0 saturated carbocycles. The summed E-state index contributed by atoms with van der Waals surface area (Å²) in [7, 11) is -4.64. The van der Waals surface area contributed by atoms with Gasteiger partial charge in [-0.05, 0) is 17.5 Å². The molecule has 2 aromatic carbocycles. The Labute approximate surface area is 129 Å². The lowest BCUT2D eigenvalue weighted by Gasteiger charge is -2.26. The highest BCUT2D eigenvalue weighted by Crippen LogP contribution is 2.34. The van der Waals surface area contributed by atoms with Gasteiger partial charge in [-0.3, -0.25) is 0 Å². The van der Waals surface area contributed by atoms with Gasteiger partial charge in [0.1, 0.15) is 5.41 Å². The zero-order valence-electron chi connectivity index (χ0n) is 12.1. The lowest BCUT2D eigenvalue weighted by atomic mass is 9.74. The van der Waals surface area contributed by atoms with Gasteiger partial charge in [0.2, 0.25) is 0 Å². The van der Waals surface area contributed by atoms with E-state index in [0.717, 1.165) is 17.5 Å². The van der Waals surface area contributed by atoms with Gasteiger partial charge in [0.25, 0.3) is 0 Å². The summed E-state index contributed by atoms with van der Waals surface area (Å²) < 4.78 is 8.88. The maximum atomic E-state index is 9.63. The smallest absolute Gasteiger partial charge is 0.303 e. The number of nitrogens with zero attached hydrogens (tertiary/aromatic N) is 1. The fraction of sp³-hybridized carbons (Fsp3) is 0.188. The number of hydrogen-bond acceptors (Lipinski definition) is 2. The Bertz CT molecular complexity index is 614. The molecule has 0 spiro atoms. The second kappa shape index (κ2) is 7.88. The number of benzene rings is 2. The molecule has 116 valence electrons. The third-order valence-electron chi connectivity index (χ3n) is 3.25. The van der Waals surface area contributed by atoms with Gasteiger partial charge in [0.05, 0.1) is 6.07 Å². The Morgan fingerprint density at radius 2 is 1.27 bits per heavy atom. The highest BCUT2D eigenvalue weighted by atomic mass is 31.2. The van der Waals surface area contributed by atoms with Crippen LogP contribution in [0, 0.1) is 11.3 Å². The van der Waals surface area contributed by atoms with Crippen molar-refractivity contribution in [1.82, 2.24) is 0 Å². The van der Waals surface area contributed by atoms with Crippen LogP contribution in [0.1, 0.15) is 24.5 Å². The molecule has 0 heterocycles. The maximum absolute atomic E-state index is 9.63. The molecular formula is C16H18NO4P. The van der Waals surface area contributed by atoms with Gasteiger partial charge in [-0.25, -0.2) is 4.57 Å². The van der Waals surface area contributed by atoms with Crippen molar-refractivity contribution in [3.05, 3.63) is 71.8 Å². The Kier molecular flexibility index (Phi) is 6.48. The molecule has 0 saturated heterocycles. The minimum absolute atomic E-state index is 0.525. The quantitative estimate of drug-likeness (QED) is 0.755. The first-order valence-corrected chi connectivity index (χ1v) is 8.20. The minimum Gasteiger partial charge on any atom is -0.303 e. The van der Waals surface area contributed by atoms with Crippen molar-refractivity contribution in [1.29, 1.82) is 5.26 Å². The van der Waals surface area contributed by atoms with E-state index in [1.807, 2.05) is 60.7 Å². The molecule has 0 aliphatic heterocycles. The molecule has 5 nitrogen and oxygen atoms in total. The van der Waals surface area contributed by atoms with Crippen molar-refractivity contribution < 1.29 is 19.2 Å². The van der Waals surface area contributed by atoms with Crippen LogP contribution in [0.5, 0.6) is 0 Å². The van der Waals surface area contributed by atoms with Gasteiger partial charge in [-0.1, -0.05) is 67.6 Å². The van der Waals surface area contributed by atoms with Crippen LogP contribution < -0.4 is 0 Å². The number of phosphoric acid groups is 1. The molecule has 6 heteroatoms. The number of rotatable bonds is 3. The predicted octanol–water partition coefficient (Wildman–Crippen LogP) is 2.98. The van der Waals surface area contributed by atoms with Crippen LogP contribution in [-0.4, -0.2) is 14.7 Å². The summed E-state index contributed by atoms with van der Waals surface area (Å²) >= 11 is 0. The molecule has 0 amide bonds. The molecule has 0 aliphatic rings. The molecule has 0 bridgehead atoms. The van der Waals surface area contributed by atoms with Crippen LogP contribution in [0.2, 0.25) is 0 Å². The zero-order valence-corrected chi connectivity index (χ0v) is 13.0. The van der Waals surface area contributed by atoms with Crippen LogP contribution in [-0.2, 0) is 9.98 Å². The molecule has 0 atom stereocenters. The molecule has 0 fully saturated rings. The average Bonchev–Trinajstić information content (AvgIpc) is 2.50. The van der Waals surface area contributed by atoms with Crippen LogP contribution in [0.15, 0.2) is 60.7 Å². The fourth-order valence-corrected chi connectivity index (χ4v) is 2.23. The number of hydrogen-bond donors (Lipinski definition) is 3. The molecule has 0 unspecified atom stereocenters. The normalized spacial score (nSPS) is 11.0. The second-order valence-corrected chi connectivity index (χ2v) is 5.64. The van der Waals surface area contributed by atoms with Crippen molar-refractivity contribution >= 4 is 7.82 Å². The Morgan fingerprint density at radius 3 is 1.50 bits per heavy atom. The van der Waals surface area contributed by atoms with E-state index >= 15 is 0 Å². The Morgan fingerprint density at radius 1 is 0.955 bits per heavy atom.